The molecule has 0 saturated carbocycles. The maximum atomic E-state index is 13.7. The highest BCUT2D eigenvalue weighted by Gasteiger charge is 2.27. The van der Waals surface area contributed by atoms with Crippen molar-refractivity contribution >= 4 is 64.8 Å². The van der Waals surface area contributed by atoms with Crippen molar-refractivity contribution in [3.63, 3.8) is 0 Å². The van der Waals surface area contributed by atoms with Gasteiger partial charge in [0.2, 0.25) is 15.2 Å². The van der Waals surface area contributed by atoms with E-state index in [-0.39, 0.29) is 4.90 Å². The van der Waals surface area contributed by atoms with Gasteiger partial charge in [-0.05, 0) is 85.1 Å². The number of hydrogen-bond acceptors (Lipinski definition) is 7. The second kappa shape index (κ2) is 11.3. The molecular weight excluding hydrogens is 588 g/mol. The van der Waals surface area contributed by atoms with Crippen LogP contribution in [0.1, 0.15) is 35.2 Å². The van der Waals surface area contributed by atoms with Crippen molar-refractivity contribution in [3.8, 4) is 5.75 Å². The van der Waals surface area contributed by atoms with Gasteiger partial charge in [-0.1, -0.05) is 33.7 Å². The molecular formula is C27H25BrN4O4S2. The van der Waals surface area contributed by atoms with E-state index in [2.05, 4.69) is 26.0 Å². The zero-order valence-electron chi connectivity index (χ0n) is 20.6. The summed E-state index contributed by atoms with van der Waals surface area (Å²) in [6.45, 7) is 1.04. The summed E-state index contributed by atoms with van der Waals surface area (Å²) in [6, 6.07) is 19.0. The second-order valence-electron chi connectivity index (χ2n) is 8.73. The molecule has 1 fully saturated rings. The first-order valence-corrected chi connectivity index (χ1v) is 15.1. The highest BCUT2D eigenvalue weighted by atomic mass is 79.9. The number of benzene rings is 3. The van der Waals surface area contributed by atoms with Crippen molar-refractivity contribution in [2.24, 2.45) is 5.10 Å². The van der Waals surface area contributed by atoms with E-state index in [1.165, 1.54) is 44.9 Å². The van der Waals surface area contributed by atoms with Gasteiger partial charge in [-0.2, -0.15) is 14.4 Å². The van der Waals surface area contributed by atoms with Crippen molar-refractivity contribution in [2.75, 3.05) is 25.2 Å². The molecule has 0 N–H and O–H groups in total. The first-order valence-electron chi connectivity index (χ1n) is 12.0. The number of sulfonamides is 1. The third kappa shape index (κ3) is 5.65. The Hall–Kier alpha value is -3.12. The molecule has 0 radical (unpaired) electrons. The topological polar surface area (TPSA) is 92.2 Å². The molecule has 38 heavy (non-hydrogen) atoms. The van der Waals surface area contributed by atoms with Gasteiger partial charge in [-0.15, -0.1) is 0 Å². The van der Waals surface area contributed by atoms with Gasteiger partial charge in [-0.3, -0.25) is 4.79 Å². The standard InChI is InChI=1S/C27H25BrN4O4S2/c1-36-22-10-5-19(6-11-22)18-29-32(27-30-24-14-9-21(28)17-25(24)37-27)26(33)20-7-12-23(13-8-20)38(34,35)31-15-3-2-4-16-31/h5-14,17-18H,2-4,15-16H2,1H3/b29-18+. The fourth-order valence-electron chi connectivity index (χ4n) is 4.13. The third-order valence-corrected chi connectivity index (χ3v) is 9.60. The maximum Gasteiger partial charge on any atom is 0.280 e. The number of nitrogens with zero attached hydrogens (tertiary/aromatic N) is 4. The minimum atomic E-state index is -3.60. The van der Waals surface area contributed by atoms with Crippen LogP contribution in [0.25, 0.3) is 10.2 Å². The number of methoxy groups -OCH3 is 1. The lowest BCUT2D eigenvalue weighted by atomic mass is 10.2. The van der Waals surface area contributed by atoms with Gasteiger partial charge in [0.1, 0.15) is 5.75 Å². The van der Waals surface area contributed by atoms with Gasteiger partial charge in [0.25, 0.3) is 5.91 Å². The Kier molecular flexibility index (Phi) is 7.89. The molecule has 2 heterocycles. The van der Waals surface area contributed by atoms with Crippen molar-refractivity contribution < 1.29 is 17.9 Å². The van der Waals surface area contributed by atoms with E-state index < -0.39 is 15.9 Å². The molecule has 0 bridgehead atoms. The summed E-state index contributed by atoms with van der Waals surface area (Å²) in [5.74, 6) is 0.293. The molecule has 11 heteroatoms. The van der Waals surface area contributed by atoms with E-state index >= 15 is 0 Å². The molecule has 8 nitrogen and oxygen atoms in total. The van der Waals surface area contributed by atoms with Crippen LogP contribution >= 0.6 is 27.3 Å². The zero-order chi connectivity index (χ0) is 26.7. The molecule has 1 saturated heterocycles. The van der Waals surface area contributed by atoms with Crippen molar-refractivity contribution in [1.82, 2.24) is 9.29 Å². The first kappa shape index (κ1) is 26.5. The molecule has 4 aromatic rings. The van der Waals surface area contributed by atoms with Gasteiger partial charge in [0.15, 0.2) is 0 Å². The maximum absolute atomic E-state index is 13.7. The summed E-state index contributed by atoms with van der Waals surface area (Å²) >= 11 is 4.81. The fourth-order valence-corrected chi connectivity index (χ4v) is 7.12. The number of carbonyl (C=O) groups excluding carboxylic acids is 1. The van der Waals surface area contributed by atoms with Crippen LogP contribution in [0, 0.1) is 0 Å². The number of aromatic nitrogens is 1. The number of halogens is 1. The molecule has 1 aliphatic heterocycles. The number of thiazole rings is 1. The Morgan fingerprint density at radius 1 is 1.05 bits per heavy atom. The van der Waals surface area contributed by atoms with Crippen LogP contribution in [0.5, 0.6) is 5.75 Å². The molecule has 196 valence electrons. The van der Waals surface area contributed by atoms with E-state index in [0.29, 0.717) is 29.5 Å². The minimum Gasteiger partial charge on any atom is -0.497 e. The Balaban J connectivity index is 1.47. The minimum absolute atomic E-state index is 0.175. The lowest BCUT2D eigenvalue weighted by Gasteiger charge is -2.25. The number of fused-ring (bicyclic) bond motifs is 1. The Bertz CT molecular complexity index is 1580. The van der Waals surface area contributed by atoms with Crippen LogP contribution in [0.4, 0.5) is 5.13 Å². The number of amides is 1. The molecule has 5 rings (SSSR count). The summed E-state index contributed by atoms with van der Waals surface area (Å²) in [6.07, 6.45) is 4.33. The average molecular weight is 614 g/mol. The summed E-state index contributed by atoms with van der Waals surface area (Å²) in [4.78, 5) is 18.5. The van der Waals surface area contributed by atoms with Crippen LogP contribution in [-0.4, -0.2) is 50.0 Å². The van der Waals surface area contributed by atoms with Gasteiger partial charge in [0, 0.05) is 23.1 Å². The Labute approximate surface area is 233 Å². The average Bonchev–Trinajstić information content (AvgIpc) is 3.36. The first-order chi connectivity index (χ1) is 18.3. The van der Waals surface area contributed by atoms with Gasteiger partial charge in [-0.25, -0.2) is 13.4 Å². The van der Waals surface area contributed by atoms with Crippen molar-refractivity contribution in [2.45, 2.75) is 24.2 Å². The number of ether oxygens (including phenoxy) is 1. The Morgan fingerprint density at radius 3 is 2.45 bits per heavy atom. The Morgan fingerprint density at radius 2 is 1.76 bits per heavy atom. The number of rotatable bonds is 7. The zero-order valence-corrected chi connectivity index (χ0v) is 23.8. The predicted octanol–water partition coefficient (Wildman–Crippen LogP) is 5.92. The van der Waals surface area contributed by atoms with E-state index in [9.17, 15) is 13.2 Å². The highest BCUT2D eigenvalue weighted by Crippen LogP contribution is 2.32. The normalized spacial score (nSPS) is 14.7. The van der Waals surface area contributed by atoms with Gasteiger partial charge in [0.05, 0.1) is 28.4 Å². The fraction of sp³-hybridized carbons (Fsp3) is 0.222. The molecule has 0 aliphatic carbocycles. The van der Waals surface area contributed by atoms with Crippen molar-refractivity contribution in [3.05, 3.63) is 82.3 Å². The van der Waals surface area contributed by atoms with Gasteiger partial charge >= 0.3 is 0 Å². The lowest BCUT2D eigenvalue weighted by molar-refractivity contribution is 0.0987. The second-order valence-corrected chi connectivity index (χ2v) is 12.6. The van der Waals surface area contributed by atoms with Gasteiger partial charge < -0.3 is 4.74 Å². The molecule has 1 amide bonds. The smallest absolute Gasteiger partial charge is 0.280 e. The monoisotopic (exact) mass is 612 g/mol. The van der Waals surface area contributed by atoms with Crippen LogP contribution in [0.15, 0.2) is 81.2 Å². The molecule has 0 unspecified atom stereocenters. The summed E-state index contributed by atoms with van der Waals surface area (Å²) in [5.41, 5.74) is 1.82. The quantitative estimate of drug-likeness (QED) is 0.191. The summed E-state index contributed by atoms with van der Waals surface area (Å²) in [5, 5.41) is 6.13. The summed E-state index contributed by atoms with van der Waals surface area (Å²) < 4.78 is 34.6. The SMILES string of the molecule is COc1ccc(/C=N/N(C(=O)c2ccc(S(=O)(=O)N3CCCCC3)cc2)c2nc3ccc(Br)cc3s2)cc1. The van der Waals surface area contributed by atoms with E-state index in [1.54, 1.807) is 13.3 Å². The molecule has 0 spiro atoms. The number of hydrogen-bond donors (Lipinski definition) is 0. The number of hydrazone groups is 1. The van der Waals surface area contributed by atoms with Crippen LogP contribution < -0.4 is 9.75 Å². The van der Waals surface area contributed by atoms with E-state index in [4.69, 9.17) is 4.74 Å². The summed E-state index contributed by atoms with van der Waals surface area (Å²) in [7, 11) is -2.00. The van der Waals surface area contributed by atoms with E-state index in [1.807, 2.05) is 42.5 Å². The van der Waals surface area contributed by atoms with Crippen LogP contribution in [-0.2, 0) is 10.0 Å². The number of piperidine rings is 1. The number of anilines is 1. The van der Waals surface area contributed by atoms with Crippen molar-refractivity contribution in [1.29, 1.82) is 0 Å². The van der Waals surface area contributed by atoms with E-state index in [0.717, 1.165) is 39.5 Å². The number of carbonyl (C=O) groups is 1. The molecule has 3 aromatic carbocycles. The van der Waals surface area contributed by atoms with Crippen LogP contribution in [0.2, 0.25) is 0 Å². The highest BCUT2D eigenvalue weighted by molar-refractivity contribution is 9.10. The molecule has 1 aliphatic rings. The molecule has 0 atom stereocenters. The molecule has 1 aromatic heterocycles. The third-order valence-electron chi connectivity index (χ3n) is 6.20. The van der Waals surface area contributed by atoms with Crippen LogP contribution in [0.3, 0.4) is 0 Å². The largest absolute Gasteiger partial charge is 0.497 e. The predicted molar refractivity (Wildman–Crippen MR) is 154 cm³/mol. The lowest BCUT2D eigenvalue weighted by Crippen LogP contribution is -2.35.